The molecule has 0 saturated carbocycles. The number of ether oxygens (including phenoxy) is 4. The smallest absolute Gasteiger partial charge is 0.188 e. The maximum Gasteiger partial charge on any atom is 0.188 e. The van der Waals surface area contributed by atoms with Crippen molar-refractivity contribution in [2.24, 2.45) is 0 Å². The molecule has 0 aliphatic heterocycles. The van der Waals surface area contributed by atoms with Gasteiger partial charge in [0, 0.05) is 19.6 Å². The summed E-state index contributed by atoms with van der Waals surface area (Å²) in [7, 11) is 0. The van der Waals surface area contributed by atoms with E-state index < -0.39 is 0 Å². The van der Waals surface area contributed by atoms with E-state index in [1.165, 1.54) is 89.9 Å². The largest absolute Gasteiger partial charge is 0.475 e. The van der Waals surface area contributed by atoms with Gasteiger partial charge in [0.2, 0.25) is 0 Å². The van der Waals surface area contributed by atoms with Gasteiger partial charge >= 0.3 is 0 Å². The Kier molecular flexibility index (Phi) is 28.9. The summed E-state index contributed by atoms with van der Waals surface area (Å²) < 4.78 is 23.1. The predicted molar refractivity (Wildman–Crippen MR) is 141 cm³/mol. The van der Waals surface area contributed by atoms with Crippen molar-refractivity contribution in [2.75, 3.05) is 26.6 Å². The molecular formula is C29H58O4. The van der Waals surface area contributed by atoms with Crippen LogP contribution in [0.4, 0.5) is 0 Å². The first kappa shape index (κ1) is 32.4. The molecule has 33 heavy (non-hydrogen) atoms. The minimum absolute atomic E-state index is 0.0967. The lowest BCUT2D eigenvalue weighted by atomic mass is 10.1. The topological polar surface area (TPSA) is 36.9 Å². The van der Waals surface area contributed by atoms with Crippen LogP contribution in [0, 0.1) is 0 Å². The van der Waals surface area contributed by atoms with Gasteiger partial charge in [0.15, 0.2) is 13.1 Å². The molecule has 4 heteroatoms. The maximum atomic E-state index is 6.04. The van der Waals surface area contributed by atoms with Crippen LogP contribution in [0.5, 0.6) is 0 Å². The van der Waals surface area contributed by atoms with Gasteiger partial charge in [0.1, 0.15) is 0 Å². The number of hydrogen-bond donors (Lipinski definition) is 0. The molecular weight excluding hydrogens is 412 g/mol. The molecule has 0 aromatic carbocycles. The summed E-state index contributed by atoms with van der Waals surface area (Å²) >= 11 is 0. The fourth-order valence-corrected chi connectivity index (χ4v) is 3.73. The second kappa shape index (κ2) is 29.5. The van der Waals surface area contributed by atoms with Crippen LogP contribution in [-0.4, -0.2) is 32.9 Å². The zero-order valence-corrected chi connectivity index (χ0v) is 22.6. The van der Waals surface area contributed by atoms with Crippen molar-refractivity contribution in [1.29, 1.82) is 0 Å². The van der Waals surface area contributed by atoms with Crippen LogP contribution in [0.25, 0.3) is 0 Å². The number of unbranched alkanes of at least 4 members (excludes halogenated alkanes) is 14. The van der Waals surface area contributed by atoms with E-state index >= 15 is 0 Å². The Labute approximate surface area is 207 Å². The third-order valence-electron chi connectivity index (χ3n) is 5.91. The van der Waals surface area contributed by atoms with Crippen LogP contribution in [0.1, 0.15) is 143 Å². The van der Waals surface area contributed by atoms with Crippen molar-refractivity contribution in [3.63, 3.8) is 0 Å². The fraction of sp³-hybridized carbons (Fsp3) is 0.931. The van der Waals surface area contributed by atoms with Crippen LogP contribution >= 0.6 is 0 Å². The predicted octanol–water partition coefficient (Wildman–Crippen LogP) is 9.32. The average molecular weight is 471 g/mol. The molecule has 0 rings (SSSR count). The standard InChI is InChI=1S/C29H58O4/c1-4-7-10-13-14-17-19-24-30-28-31-25-22-18-23-29(32-26-20-15-11-8-5-2)33-27-21-16-12-9-6-3/h22,25,29H,4-21,23-24,26-28H2,1-3H3. The van der Waals surface area contributed by atoms with E-state index in [4.69, 9.17) is 18.9 Å². The normalized spacial score (nSPS) is 11.8. The summed E-state index contributed by atoms with van der Waals surface area (Å²) in [5, 5.41) is 0. The molecule has 0 radical (unpaired) electrons. The van der Waals surface area contributed by atoms with E-state index in [2.05, 4.69) is 26.8 Å². The van der Waals surface area contributed by atoms with Crippen molar-refractivity contribution in [3.05, 3.63) is 12.3 Å². The van der Waals surface area contributed by atoms with Crippen LogP contribution < -0.4 is 0 Å². The monoisotopic (exact) mass is 470 g/mol. The molecule has 0 fully saturated rings. The zero-order valence-electron chi connectivity index (χ0n) is 22.6. The van der Waals surface area contributed by atoms with Crippen LogP contribution in [-0.2, 0) is 18.9 Å². The third-order valence-corrected chi connectivity index (χ3v) is 5.91. The summed E-state index contributed by atoms with van der Waals surface area (Å²) in [6.07, 6.45) is 27.2. The fourth-order valence-electron chi connectivity index (χ4n) is 3.73. The number of hydrogen-bond acceptors (Lipinski definition) is 4. The molecule has 4 nitrogen and oxygen atoms in total. The number of rotatable bonds is 28. The summed E-state index contributed by atoms with van der Waals surface area (Å²) in [4.78, 5) is 0. The number of allylic oxidation sites excluding steroid dienone is 1. The van der Waals surface area contributed by atoms with Gasteiger partial charge in [0.25, 0.3) is 0 Å². The Morgan fingerprint density at radius 3 is 1.52 bits per heavy atom. The molecule has 0 heterocycles. The van der Waals surface area contributed by atoms with Crippen molar-refractivity contribution in [1.82, 2.24) is 0 Å². The average Bonchev–Trinajstić information content (AvgIpc) is 2.83. The highest BCUT2D eigenvalue weighted by Gasteiger charge is 2.08. The molecule has 0 aliphatic rings. The molecule has 0 N–H and O–H groups in total. The zero-order chi connectivity index (χ0) is 24.1. The molecule has 0 aromatic rings. The van der Waals surface area contributed by atoms with E-state index in [1.807, 2.05) is 0 Å². The summed E-state index contributed by atoms with van der Waals surface area (Å²) in [5.41, 5.74) is 0. The lowest BCUT2D eigenvalue weighted by Crippen LogP contribution is -2.18. The third kappa shape index (κ3) is 27.5. The van der Waals surface area contributed by atoms with Gasteiger partial charge in [-0.3, -0.25) is 0 Å². The molecule has 0 atom stereocenters. The van der Waals surface area contributed by atoms with Gasteiger partial charge in [-0.25, -0.2) is 0 Å². The van der Waals surface area contributed by atoms with Crippen LogP contribution in [0.2, 0.25) is 0 Å². The molecule has 0 bridgehead atoms. The molecule has 0 aliphatic carbocycles. The van der Waals surface area contributed by atoms with Crippen LogP contribution in [0.15, 0.2) is 12.3 Å². The van der Waals surface area contributed by atoms with E-state index in [9.17, 15) is 0 Å². The first-order chi connectivity index (χ1) is 16.3. The van der Waals surface area contributed by atoms with E-state index in [0.717, 1.165) is 51.9 Å². The SMILES string of the molecule is CCCCCCCCCOCOC=CCCC(OCCCCCCC)OCCCCCCC. The van der Waals surface area contributed by atoms with Gasteiger partial charge in [-0.05, 0) is 31.8 Å². The van der Waals surface area contributed by atoms with Gasteiger partial charge in [0.05, 0.1) is 12.9 Å². The molecule has 198 valence electrons. The van der Waals surface area contributed by atoms with Gasteiger partial charge in [-0.1, -0.05) is 111 Å². The Hall–Kier alpha value is -0.580. The Morgan fingerprint density at radius 1 is 0.545 bits per heavy atom. The quantitative estimate of drug-likeness (QED) is 0.0648. The lowest BCUT2D eigenvalue weighted by molar-refractivity contribution is -0.146. The van der Waals surface area contributed by atoms with Crippen molar-refractivity contribution in [2.45, 2.75) is 149 Å². The summed E-state index contributed by atoms with van der Waals surface area (Å²) in [5.74, 6) is 0. The van der Waals surface area contributed by atoms with E-state index in [-0.39, 0.29) is 6.29 Å². The minimum Gasteiger partial charge on any atom is -0.475 e. The van der Waals surface area contributed by atoms with E-state index in [0.29, 0.717) is 6.79 Å². The molecule has 0 aromatic heterocycles. The van der Waals surface area contributed by atoms with Gasteiger partial charge in [-0.15, -0.1) is 0 Å². The second-order valence-corrected chi connectivity index (χ2v) is 9.26. The highest BCUT2D eigenvalue weighted by Crippen LogP contribution is 2.11. The van der Waals surface area contributed by atoms with Gasteiger partial charge < -0.3 is 18.9 Å². The lowest BCUT2D eigenvalue weighted by Gasteiger charge is -2.18. The maximum absolute atomic E-state index is 6.04. The molecule has 0 unspecified atom stereocenters. The van der Waals surface area contributed by atoms with Crippen molar-refractivity contribution < 1.29 is 18.9 Å². The van der Waals surface area contributed by atoms with Crippen LogP contribution in [0.3, 0.4) is 0 Å². The minimum atomic E-state index is -0.0967. The summed E-state index contributed by atoms with van der Waals surface area (Å²) in [6.45, 7) is 9.50. The molecule has 0 amide bonds. The Morgan fingerprint density at radius 2 is 1.00 bits per heavy atom. The highest BCUT2D eigenvalue weighted by molar-refractivity contribution is 4.73. The second-order valence-electron chi connectivity index (χ2n) is 9.26. The summed E-state index contributed by atoms with van der Waals surface area (Å²) in [6, 6.07) is 0. The van der Waals surface area contributed by atoms with Crippen molar-refractivity contribution in [3.8, 4) is 0 Å². The van der Waals surface area contributed by atoms with E-state index in [1.54, 1.807) is 6.26 Å². The Bertz CT molecular complexity index is 357. The highest BCUT2D eigenvalue weighted by atomic mass is 16.7. The Balaban J connectivity index is 3.77. The first-order valence-electron chi connectivity index (χ1n) is 14.4. The van der Waals surface area contributed by atoms with Gasteiger partial charge in [-0.2, -0.15) is 0 Å². The molecule has 0 spiro atoms. The first-order valence-corrected chi connectivity index (χ1v) is 14.4. The van der Waals surface area contributed by atoms with Crippen molar-refractivity contribution >= 4 is 0 Å². The molecule has 0 saturated heterocycles.